The normalized spacial score (nSPS) is 13.5. The van der Waals surface area contributed by atoms with Crippen molar-refractivity contribution in [1.82, 2.24) is 4.98 Å². The number of benzene rings is 4. The maximum Gasteiger partial charge on any atom is 0.165 e. The maximum absolute atomic E-state index is 11.0. The molecule has 0 saturated carbocycles. The number of aromatic nitrogens is 1. The van der Waals surface area contributed by atoms with Crippen LogP contribution in [0.4, 0.5) is 0 Å². The van der Waals surface area contributed by atoms with Gasteiger partial charge in [0.1, 0.15) is 6.61 Å². The van der Waals surface area contributed by atoms with Crippen molar-refractivity contribution in [2.45, 2.75) is 19.3 Å². The summed E-state index contributed by atoms with van der Waals surface area (Å²) in [7, 11) is 0. The van der Waals surface area contributed by atoms with Crippen molar-refractivity contribution in [3.05, 3.63) is 65.9 Å². The third-order valence-electron chi connectivity index (χ3n) is 6.30. The van der Waals surface area contributed by atoms with Crippen molar-refractivity contribution in [2.75, 3.05) is 13.2 Å². The van der Waals surface area contributed by atoms with Crippen molar-refractivity contribution in [2.24, 2.45) is 0 Å². The van der Waals surface area contributed by atoms with E-state index in [0.29, 0.717) is 5.75 Å². The second kappa shape index (κ2) is 6.57. The number of aryl methyl sites for hydroxylation is 2. The van der Waals surface area contributed by atoms with E-state index in [9.17, 15) is 5.11 Å². The number of pyridine rings is 1. The van der Waals surface area contributed by atoms with Crippen molar-refractivity contribution in [3.8, 4) is 11.5 Å². The average Bonchev–Trinajstić information content (AvgIpc) is 2.78. The van der Waals surface area contributed by atoms with Crippen LogP contribution in [0.15, 0.2) is 54.7 Å². The summed E-state index contributed by atoms with van der Waals surface area (Å²) in [6.45, 7) is 0.0761. The number of ether oxygens (including phenoxy) is 1. The zero-order chi connectivity index (χ0) is 20.2. The van der Waals surface area contributed by atoms with E-state index in [1.165, 1.54) is 27.3 Å². The Morgan fingerprint density at radius 3 is 2.70 bits per heavy atom. The number of hydrogen-bond donors (Lipinski definition) is 2. The molecule has 6 rings (SSSR count). The molecule has 1 heterocycles. The van der Waals surface area contributed by atoms with Gasteiger partial charge < -0.3 is 14.9 Å². The molecule has 0 atom stereocenters. The number of rotatable bonds is 3. The first kappa shape index (κ1) is 17.5. The van der Waals surface area contributed by atoms with Crippen LogP contribution in [-0.2, 0) is 12.8 Å². The van der Waals surface area contributed by atoms with Gasteiger partial charge in [-0.25, -0.2) is 0 Å². The van der Waals surface area contributed by atoms with Gasteiger partial charge in [-0.15, -0.1) is 0 Å². The molecule has 0 aliphatic heterocycles. The van der Waals surface area contributed by atoms with Crippen LogP contribution in [0.5, 0.6) is 11.5 Å². The summed E-state index contributed by atoms with van der Waals surface area (Å²) in [5.74, 6) is 0.585. The molecular weight excluding hydrogens is 374 g/mol. The largest absolute Gasteiger partial charge is 0.504 e. The van der Waals surface area contributed by atoms with E-state index in [2.05, 4.69) is 30.3 Å². The van der Waals surface area contributed by atoms with E-state index in [-0.39, 0.29) is 19.0 Å². The molecule has 0 fully saturated rings. The van der Waals surface area contributed by atoms with Gasteiger partial charge in [-0.2, -0.15) is 0 Å². The van der Waals surface area contributed by atoms with E-state index in [1.807, 2.05) is 18.3 Å². The fraction of sp³-hybridized carbons (Fsp3) is 0.192. The Morgan fingerprint density at radius 1 is 0.900 bits per heavy atom. The van der Waals surface area contributed by atoms with Crippen LogP contribution >= 0.6 is 0 Å². The lowest BCUT2D eigenvalue weighted by molar-refractivity contribution is 0.197. The van der Waals surface area contributed by atoms with E-state index >= 15 is 0 Å². The number of hydrogen-bond acceptors (Lipinski definition) is 4. The predicted octanol–water partition coefficient (Wildman–Crippen LogP) is 5.26. The van der Waals surface area contributed by atoms with Gasteiger partial charge >= 0.3 is 0 Å². The zero-order valence-corrected chi connectivity index (χ0v) is 16.5. The molecule has 1 aromatic heterocycles. The van der Waals surface area contributed by atoms with Crippen LogP contribution in [0.1, 0.15) is 17.5 Å². The second-order valence-corrected chi connectivity index (χ2v) is 7.99. The SMILES string of the molecule is OCCOc1ccc2cc3c4c(cc5c6ccccc6cnc35)CCCc4c2c1O. The Labute approximate surface area is 173 Å². The van der Waals surface area contributed by atoms with Crippen LogP contribution in [-0.4, -0.2) is 28.4 Å². The maximum atomic E-state index is 11.0. The Bertz CT molecular complexity index is 1470. The zero-order valence-electron chi connectivity index (χ0n) is 16.5. The molecule has 0 spiro atoms. The van der Waals surface area contributed by atoms with Crippen LogP contribution in [0, 0.1) is 0 Å². The molecule has 4 heteroatoms. The minimum Gasteiger partial charge on any atom is -0.504 e. The molecular formula is C26H21NO3. The Balaban J connectivity index is 1.76. The fourth-order valence-electron chi connectivity index (χ4n) is 5.06. The summed E-state index contributed by atoms with van der Waals surface area (Å²) in [5, 5.41) is 27.9. The fourth-order valence-corrected chi connectivity index (χ4v) is 5.06. The number of phenolic OH excluding ortho intramolecular Hbond substituents is 1. The lowest BCUT2D eigenvalue weighted by Gasteiger charge is -2.22. The average molecular weight is 395 g/mol. The molecule has 0 amide bonds. The van der Waals surface area contributed by atoms with Crippen LogP contribution in [0.25, 0.3) is 43.2 Å². The number of aliphatic hydroxyl groups excluding tert-OH is 1. The Morgan fingerprint density at radius 2 is 1.80 bits per heavy atom. The van der Waals surface area contributed by atoms with Crippen LogP contribution in [0.3, 0.4) is 0 Å². The first-order valence-corrected chi connectivity index (χ1v) is 10.4. The molecule has 148 valence electrons. The van der Waals surface area contributed by atoms with Gasteiger partial charge in [0.15, 0.2) is 11.5 Å². The van der Waals surface area contributed by atoms with Crippen LogP contribution in [0.2, 0.25) is 0 Å². The van der Waals surface area contributed by atoms with Gasteiger partial charge in [-0.05, 0) is 64.7 Å². The molecule has 0 unspecified atom stereocenters. The van der Waals surface area contributed by atoms with E-state index in [0.717, 1.165) is 46.3 Å². The Kier molecular flexibility index (Phi) is 3.83. The molecule has 4 nitrogen and oxygen atoms in total. The summed E-state index contributed by atoms with van der Waals surface area (Å²) in [6, 6.07) is 16.6. The minimum absolute atomic E-state index is 0.0855. The highest BCUT2D eigenvalue weighted by molar-refractivity contribution is 6.20. The predicted molar refractivity (Wildman–Crippen MR) is 121 cm³/mol. The summed E-state index contributed by atoms with van der Waals surface area (Å²) >= 11 is 0. The number of phenols is 1. The highest BCUT2D eigenvalue weighted by Gasteiger charge is 2.22. The third-order valence-corrected chi connectivity index (χ3v) is 6.30. The van der Waals surface area contributed by atoms with E-state index in [1.54, 1.807) is 6.07 Å². The van der Waals surface area contributed by atoms with Crippen molar-refractivity contribution >= 4 is 43.2 Å². The number of fused-ring (bicyclic) bond motifs is 6. The van der Waals surface area contributed by atoms with Gasteiger partial charge in [0.05, 0.1) is 12.1 Å². The smallest absolute Gasteiger partial charge is 0.165 e. The number of aliphatic hydroxyl groups is 1. The second-order valence-electron chi connectivity index (χ2n) is 7.99. The van der Waals surface area contributed by atoms with Crippen LogP contribution < -0.4 is 4.74 Å². The Hall–Kier alpha value is -3.37. The van der Waals surface area contributed by atoms with Gasteiger partial charge in [-0.3, -0.25) is 4.98 Å². The molecule has 1 aliphatic rings. The van der Waals surface area contributed by atoms with Gasteiger partial charge in [0.25, 0.3) is 0 Å². The number of nitrogens with zero attached hydrogens (tertiary/aromatic N) is 1. The molecule has 0 bridgehead atoms. The number of aromatic hydroxyl groups is 1. The quantitative estimate of drug-likeness (QED) is 0.323. The molecule has 4 aromatic carbocycles. The summed E-state index contributed by atoms with van der Waals surface area (Å²) in [4.78, 5) is 4.85. The monoisotopic (exact) mass is 395 g/mol. The van der Waals surface area contributed by atoms with Crippen molar-refractivity contribution in [1.29, 1.82) is 0 Å². The van der Waals surface area contributed by atoms with E-state index < -0.39 is 0 Å². The highest BCUT2D eigenvalue weighted by Crippen LogP contribution is 2.45. The standard InChI is InChI=1S/C26H21NO3/c28-10-11-30-22-9-8-16-13-21-23-15(5-3-7-19(23)24(16)26(22)29)12-20-18-6-2-1-4-17(18)14-27-25(20)21/h1-2,4,6,8-9,12-14,28-29H,3,5,7,10-11H2. The van der Waals surface area contributed by atoms with Crippen molar-refractivity contribution < 1.29 is 14.9 Å². The molecule has 30 heavy (non-hydrogen) atoms. The minimum atomic E-state index is -0.0855. The topological polar surface area (TPSA) is 62.6 Å². The molecule has 0 radical (unpaired) electrons. The van der Waals surface area contributed by atoms with Gasteiger partial charge in [-0.1, -0.05) is 30.3 Å². The molecule has 0 saturated heterocycles. The van der Waals surface area contributed by atoms with Gasteiger partial charge in [0, 0.05) is 27.7 Å². The van der Waals surface area contributed by atoms with Gasteiger partial charge in [0.2, 0.25) is 0 Å². The third kappa shape index (κ3) is 2.40. The van der Waals surface area contributed by atoms with E-state index in [4.69, 9.17) is 14.8 Å². The molecule has 1 aliphatic carbocycles. The molecule has 2 N–H and O–H groups in total. The first-order valence-electron chi connectivity index (χ1n) is 10.4. The summed E-state index contributed by atoms with van der Waals surface area (Å²) in [6.07, 6.45) is 4.94. The summed E-state index contributed by atoms with van der Waals surface area (Å²) < 4.78 is 5.56. The first-order chi connectivity index (χ1) is 14.8. The highest BCUT2D eigenvalue weighted by atomic mass is 16.5. The van der Waals surface area contributed by atoms with Crippen molar-refractivity contribution in [3.63, 3.8) is 0 Å². The lowest BCUT2D eigenvalue weighted by Crippen LogP contribution is -2.05. The summed E-state index contributed by atoms with van der Waals surface area (Å²) in [5.41, 5.74) is 3.50. The lowest BCUT2D eigenvalue weighted by atomic mass is 9.83. The molecule has 5 aromatic rings.